The fraction of sp³-hybridized carbons (Fsp3) is 0.412. The average Bonchev–Trinajstić information content (AvgIpc) is 2.33. The van der Waals surface area contributed by atoms with Crippen LogP contribution in [0.3, 0.4) is 0 Å². The third-order valence-corrected chi connectivity index (χ3v) is 4.51. The second kappa shape index (κ2) is 6.89. The zero-order chi connectivity index (χ0) is 15.6. The fourth-order valence-corrected chi connectivity index (χ4v) is 3.01. The molecule has 2 aromatic rings. The molecule has 0 aliphatic heterocycles. The highest BCUT2D eigenvalue weighted by Crippen LogP contribution is 2.26. The van der Waals surface area contributed by atoms with E-state index in [-0.39, 0.29) is 0 Å². The maximum Gasteiger partial charge on any atom is 0.147 e. The Kier molecular flexibility index (Phi) is 5.39. The van der Waals surface area contributed by atoms with E-state index in [0.29, 0.717) is 17.5 Å². The second-order valence-electron chi connectivity index (χ2n) is 5.96. The maximum atomic E-state index is 6.23. The predicted molar refractivity (Wildman–Crippen MR) is 92.0 cm³/mol. The van der Waals surface area contributed by atoms with Crippen molar-refractivity contribution < 1.29 is 0 Å². The van der Waals surface area contributed by atoms with Gasteiger partial charge in [-0.15, -0.1) is 0 Å². The lowest BCUT2D eigenvalue weighted by molar-refractivity contribution is 0.628. The van der Waals surface area contributed by atoms with E-state index in [0.717, 1.165) is 22.4 Å². The first-order valence-electron chi connectivity index (χ1n) is 7.13. The van der Waals surface area contributed by atoms with Crippen LogP contribution < -0.4 is 0 Å². The molecule has 4 heteroatoms. The average molecular weight is 368 g/mol. The van der Waals surface area contributed by atoms with Gasteiger partial charge in [-0.1, -0.05) is 54.8 Å². The molecule has 1 aromatic heterocycles. The first-order valence-corrected chi connectivity index (χ1v) is 8.30. The number of halogens is 2. The summed E-state index contributed by atoms with van der Waals surface area (Å²) in [4.78, 5) is 9.09. The van der Waals surface area contributed by atoms with Gasteiger partial charge in [-0.25, -0.2) is 9.97 Å². The molecule has 0 aliphatic rings. The summed E-state index contributed by atoms with van der Waals surface area (Å²) in [6.07, 6.45) is 1.60. The Bertz CT molecular complexity index is 633. The van der Waals surface area contributed by atoms with Gasteiger partial charge >= 0.3 is 0 Å². The summed E-state index contributed by atoms with van der Waals surface area (Å²) in [5.41, 5.74) is 4.73. The first-order chi connectivity index (χ1) is 9.85. The molecule has 0 amide bonds. The zero-order valence-electron chi connectivity index (χ0n) is 12.9. The molecular formula is C17H20BrClN2. The molecule has 21 heavy (non-hydrogen) atoms. The summed E-state index contributed by atoms with van der Waals surface area (Å²) < 4.78 is 0.821. The van der Waals surface area contributed by atoms with Crippen LogP contribution in [0, 0.1) is 19.8 Å². The van der Waals surface area contributed by atoms with Crippen molar-refractivity contribution >= 4 is 27.5 Å². The lowest BCUT2D eigenvalue weighted by Crippen LogP contribution is -2.06. The van der Waals surface area contributed by atoms with Gasteiger partial charge in [0.25, 0.3) is 0 Å². The normalized spacial score (nSPS) is 11.2. The number of aromatic nitrogens is 2. The van der Waals surface area contributed by atoms with Crippen LogP contribution in [0.2, 0.25) is 5.15 Å². The lowest BCUT2D eigenvalue weighted by Gasteiger charge is -2.11. The van der Waals surface area contributed by atoms with Gasteiger partial charge in [-0.2, -0.15) is 0 Å². The number of benzene rings is 1. The molecule has 0 aliphatic carbocycles. The van der Waals surface area contributed by atoms with Crippen molar-refractivity contribution in [3.63, 3.8) is 0 Å². The van der Waals surface area contributed by atoms with Gasteiger partial charge in [0.2, 0.25) is 0 Å². The summed E-state index contributed by atoms with van der Waals surface area (Å²) in [5.74, 6) is 1.31. The predicted octanol–water partition coefficient (Wildman–Crippen LogP) is 5.30. The van der Waals surface area contributed by atoms with Crippen LogP contribution in [0.4, 0.5) is 0 Å². The fourth-order valence-electron chi connectivity index (χ4n) is 2.47. The summed E-state index contributed by atoms with van der Waals surface area (Å²) in [7, 11) is 0. The van der Waals surface area contributed by atoms with E-state index in [1.807, 2.05) is 0 Å². The summed E-state index contributed by atoms with van der Waals surface area (Å²) in [5, 5.41) is 0.500. The largest absolute Gasteiger partial charge is 0.236 e. The molecule has 2 rings (SSSR count). The molecule has 0 spiro atoms. The van der Waals surface area contributed by atoms with Gasteiger partial charge in [0.05, 0.1) is 10.2 Å². The van der Waals surface area contributed by atoms with E-state index >= 15 is 0 Å². The first kappa shape index (κ1) is 16.4. The molecule has 0 unspecified atom stereocenters. The minimum atomic E-state index is 0.500. The van der Waals surface area contributed by atoms with Gasteiger partial charge in [0.15, 0.2) is 0 Å². The van der Waals surface area contributed by atoms with E-state index in [4.69, 9.17) is 11.6 Å². The van der Waals surface area contributed by atoms with E-state index in [1.54, 1.807) is 0 Å². The highest BCUT2D eigenvalue weighted by Gasteiger charge is 2.12. The van der Waals surface area contributed by atoms with Crippen molar-refractivity contribution in [3.8, 4) is 0 Å². The van der Waals surface area contributed by atoms with Crippen molar-refractivity contribution in [2.75, 3.05) is 0 Å². The minimum absolute atomic E-state index is 0.500. The molecule has 0 bridgehead atoms. The van der Waals surface area contributed by atoms with Crippen molar-refractivity contribution in [1.29, 1.82) is 0 Å². The Morgan fingerprint density at radius 3 is 2.29 bits per heavy atom. The van der Waals surface area contributed by atoms with E-state index < -0.39 is 0 Å². The number of hydrogen-bond acceptors (Lipinski definition) is 2. The molecule has 2 nitrogen and oxygen atoms in total. The van der Waals surface area contributed by atoms with Crippen LogP contribution in [0.25, 0.3) is 0 Å². The van der Waals surface area contributed by atoms with Gasteiger partial charge in [-0.05, 0) is 47.7 Å². The van der Waals surface area contributed by atoms with Crippen molar-refractivity contribution in [2.45, 2.75) is 40.5 Å². The summed E-state index contributed by atoms with van der Waals surface area (Å²) in [6, 6.07) is 6.52. The Balaban J connectivity index is 2.33. The quantitative estimate of drug-likeness (QED) is 0.685. The highest BCUT2D eigenvalue weighted by molar-refractivity contribution is 9.10. The summed E-state index contributed by atoms with van der Waals surface area (Å²) in [6.45, 7) is 8.56. The van der Waals surface area contributed by atoms with Crippen LogP contribution in [0.1, 0.15) is 42.1 Å². The number of nitrogens with zero attached hydrogens (tertiary/aromatic N) is 2. The third kappa shape index (κ3) is 4.52. The molecule has 0 saturated heterocycles. The third-order valence-electron chi connectivity index (χ3n) is 3.17. The van der Waals surface area contributed by atoms with Crippen LogP contribution in [0.5, 0.6) is 0 Å². The van der Waals surface area contributed by atoms with E-state index in [2.05, 4.69) is 71.8 Å². The van der Waals surface area contributed by atoms with Crippen molar-refractivity contribution in [2.24, 2.45) is 5.92 Å². The molecule has 112 valence electrons. The lowest BCUT2D eigenvalue weighted by atomic mass is 10.0. The van der Waals surface area contributed by atoms with Crippen LogP contribution in [0.15, 0.2) is 22.7 Å². The van der Waals surface area contributed by atoms with E-state index in [9.17, 15) is 0 Å². The molecule has 0 fully saturated rings. The van der Waals surface area contributed by atoms with E-state index in [1.165, 1.54) is 16.7 Å². The Morgan fingerprint density at radius 1 is 1.10 bits per heavy atom. The molecule has 0 saturated carbocycles. The van der Waals surface area contributed by atoms with Gasteiger partial charge in [-0.3, -0.25) is 0 Å². The van der Waals surface area contributed by atoms with Crippen molar-refractivity contribution in [3.05, 3.63) is 56.0 Å². The molecule has 0 atom stereocenters. The van der Waals surface area contributed by atoms with Gasteiger partial charge in [0, 0.05) is 6.42 Å². The van der Waals surface area contributed by atoms with Crippen LogP contribution >= 0.6 is 27.5 Å². The molecule has 1 heterocycles. The second-order valence-corrected chi connectivity index (χ2v) is 7.11. The van der Waals surface area contributed by atoms with Crippen LogP contribution in [-0.2, 0) is 12.8 Å². The number of rotatable bonds is 4. The standard InChI is InChI=1S/C17H20BrClN2/c1-10(2)5-14-16(18)17(19)21-15(20-14)9-13-7-11(3)6-12(4)8-13/h6-8,10H,5,9H2,1-4H3. The maximum absolute atomic E-state index is 6.23. The Hall–Kier alpha value is -0.930. The zero-order valence-corrected chi connectivity index (χ0v) is 15.2. The van der Waals surface area contributed by atoms with Gasteiger partial charge in [0.1, 0.15) is 11.0 Å². The Morgan fingerprint density at radius 2 is 1.71 bits per heavy atom. The molecular weight excluding hydrogens is 348 g/mol. The topological polar surface area (TPSA) is 25.8 Å². The minimum Gasteiger partial charge on any atom is -0.236 e. The Labute approximate surface area is 140 Å². The number of aryl methyl sites for hydroxylation is 2. The smallest absolute Gasteiger partial charge is 0.147 e. The van der Waals surface area contributed by atoms with Gasteiger partial charge < -0.3 is 0 Å². The molecule has 0 N–H and O–H groups in total. The summed E-state index contributed by atoms with van der Waals surface area (Å²) >= 11 is 9.73. The van der Waals surface area contributed by atoms with Crippen LogP contribution in [-0.4, -0.2) is 9.97 Å². The molecule has 0 radical (unpaired) electrons. The SMILES string of the molecule is Cc1cc(C)cc(Cc2nc(Cl)c(Br)c(CC(C)C)n2)c1. The monoisotopic (exact) mass is 366 g/mol. The van der Waals surface area contributed by atoms with Crippen molar-refractivity contribution in [1.82, 2.24) is 9.97 Å². The molecule has 1 aromatic carbocycles. The number of hydrogen-bond donors (Lipinski definition) is 0. The highest BCUT2D eigenvalue weighted by atomic mass is 79.9.